The second-order valence-corrected chi connectivity index (χ2v) is 15.5. The number of hydrogen-bond acceptors (Lipinski definition) is 2. The molecule has 56 heavy (non-hydrogen) atoms. The van der Waals surface area contributed by atoms with Crippen LogP contribution in [0.15, 0.2) is 211 Å². The lowest BCUT2D eigenvalue weighted by Gasteiger charge is -2.09. The summed E-state index contributed by atoms with van der Waals surface area (Å²) in [4.78, 5) is 0. The van der Waals surface area contributed by atoms with Crippen molar-refractivity contribution in [2.24, 2.45) is 0 Å². The number of rotatable bonds is 6. The molecular weight excluding hydrogens is 697 g/mol. The predicted octanol–water partition coefficient (Wildman–Crippen LogP) is 16.0. The van der Waals surface area contributed by atoms with Crippen LogP contribution < -0.4 is 0 Å². The maximum atomic E-state index is 6.87. The molecule has 0 unspecified atom stereocenters. The van der Waals surface area contributed by atoms with Crippen molar-refractivity contribution < 1.29 is 4.42 Å². The second-order valence-electron chi connectivity index (χ2n) is 14.4. The van der Waals surface area contributed by atoms with Gasteiger partial charge in [0.05, 0.1) is 0 Å². The fourth-order valence-electron chi connectivity index (χ4n) is 8.31. The topological polar surface area (TPSA) is 13.1 Å². The zero-order valence-electron chi connectivity index (χ0n) is 30.4. The molecule has 2 heteroatoms. The molecule has 0 aliphatic rings. The van der Waals surface area contributed by atoms with Crippen molar-refractivity contribution in [2.45, 2.75) is 0 Å². The summed E-state index contributed by atoms with van der Waals surface area (Å²) in [7, 11) is 0. The van der Waals surface area contributed by atoms with Crippen molar-refractivity contribution in [3.05, 3.63) is 206 Å². The molecule has 0 radical (unpaired) electrons. The summed E-state index contributed by atoms with van der Waals surface area (Å²) in [5, 5.41) is 4.90. The highest BCUT2D eigenvalue weighted by atomic mass is 32.1. The van der Waals surface area contributed by atoms with Gasteiger partial charge in [-0.1, -0.05) is 188 Å². The molecule has 0 amide bonds. The number of benzene rings is 9. The van der Waals surface area contributed by atoms with Crippen LogP contribution in [0.4, 0.5) is 0 Å². The first-order chi connectivity index (χ1) is 27.7. The number of thiophene rings is 1. The van der Waals surface area contributed by atoms with E-state index >= 15 is 0 Å². The molecular formula is C54H34OS. The smallest absolute Gasteiger partial charge is 0.143 e. The Morgan fingerprint density at radius 3 is 1.32 bits per heavy atom. The van der Waals surface area contributed by atoms with E-state index in [1.165, 1.54) is 64.7 Å². The van der Waals surface area contributed by atoms with E-state index in [4.69, 9.17) is 4.42 Å². The van der Waals surface area contributed by atoms with Gasteiger partial charge < -0.3 is 4.42 Å². The van der Waals surface area contributed by atoms with Crippen LogP contribution in [0.25, 0.3) is 109 Å². The number of fused-ring (bicyclic) bond motifs is 6. The van der Waals surface area contributed by atoms with Gasteiger partial charge in [0, 0.05) is 42.1 Å². The highest BCUT2D eigenvalue weighted by Gasteiger charge is 2.17. The molecule has 0 bridgehead atoms. The van der Waals surface area contributed by atoms with Crippen LogP contribution in [0.1, 0.15) is 0 Å². The molecule has 262 valence electrons. The molecule has 0 spiro atoms. The summed E-state index contributed by atoms with van der Waals surface area (Å²) in [5.41, 5.74) is 16.0. The lowest BCUT2D eigenvalue weighted by molar-refractivity contribution is 0.671. The van der Waals surface area contributed by atoms with Gasteiger partial charge in [0.2, 0.25) is 0 Å². The highest BCUT2D eigenvalue weighted by molar-refractivity contribution is 7.26. The molecule has 2 heterocycles. The van der Waals surface area contributed by atoms with Crippen molar-refractivity contribution in [2.75, 3.05) is 0 Å². The van der Waals surface area contributed by atoms with Crippen LogP contribution in [0.5, 0.6) is 0 Å². The van der Waals surface area contributed by atoms with Gasteiger partial charge >= 0.3 is 0 Å². The predicted molar refractivity (Wildman–Crippen MR) is 239 cm³/mol. The molecule has 0 aliphatic heterocycles. The van der Waals surface area contributed by atoms with Crippen LogP contribution in [0, 0.1) is 0 Å². The molecule has 11 aromatic rings. The van der Waals surface area contributed by atoms with E-state index in [9.17, 15) is 0 Å². The third-order valence-electron chi connectivity index (χ3n) is 11.1. The van der Waals surface area contributed by atoms with Crippen LogP contribution in [-0.4, -0.2) is 0 Å². The second kappa shape index (κ2) is 13.4. The summed E-state index contributed by atoms with van der Waals surface area (Å²) >= 11 is 1.88. The largest absolute Gasteiger partial charge is 0.455 e. The summed E-state index contributed by atoms with van der Waals surface area (Å²) in [6.45, 7) is 0. The molecule has 0 N–H and O–H groups in total. The molecule has 1 nitrogen and oxygen atoms in total. The molecule has 9 aromatic carbocycles. The van der Waals surface area contributed by atoms with Crippen molar-refractivity contribution in [1.82, 2.24) is 0 Å². The minimum atomic E-state index is 0.911. The lowest BCUT2D eigenvalue weighted by atomic mass is 9.95. The number of hydrogen-bond donors (Lipinski definition) is 0. The third kappa shape index (κ3) is 5.54. The SMILES string of the molecule is c1ccc(-c2ccc(-c3cccc(-c4cccc5c4oc4c(-c6ccc(-c7cccc(-c8cccc9c8sc8ccccc89)c7)cc6)cccc45)c3)cc2)cc1. The van der Waals surface area contributed by atoms with Gasteiger partial charge in [-0.3, -0.25) is 0 Å². The normalized spacial score (nSPS) is 11.6. The molecule has 0 aliphatic carbocycles. The zero-order valence-corrected chi connectivity index (χ0v) is 31.3. The summed E-state index contributed by atoms with van der Waals surface area (Å²) < 4.78 is 9.54. The van der Waals surface area contributed by atoms with Gasteiger partial charge in [0.25, 0.3) is 0 Å². The average molecular weight is 731 g/mol. The highest BCUT2D eigenvalue weighted by Crippen LogP contribution is 2.43. The van der Waals surface area contributed by atoms with E-state index in [0.717, 1.165) is 44.2 Å². The summed E-state index contributed by atoms with van der Waals surface area (Å²) in [5.74, 6) is 0. The van der Waals surface area contributed by atoms with Crippen LogP contribution >= 0.6 is 11.3 Å². The van der Waals surface area contributed by atoms with E-state index in [0.29, 0.717) is 0 Å². The van der Waals surface area contributed by atoms with Crippen LogP contribution in [0.3, 0.4) is 0 Å². The molecule has 0 saturated heterocycles. The van der Waals surface area contributed by atoms with Gasteiger partial charge in [0.15, 0.2) is 0 Å². The minimum absolute atomic E-state index is 0.911. The van der Waals surface area contributed by atoms with Crippen LogP contribution in [-0.2, 0) is 0 Å². The van der Waals surface area contributed by atoms with Gasteiger partial charge in [-0.25, -0.2) is 0 Å². The van der Waals surface area contributed by atoms with E-state index in [2.05, 4.69) is 206 Å². The molecule has 0 atom stereocenters. The van der Waals surface area contributed by atoms with E-state index in [1.807, 2.05) is 11.3 Å². The van der Waals surface area contributed by atoms with E-state index in [-0.39, 0.29) is 0 Å². The Balaban J connectivity index is 0.925. The molecule has 2 aromatic heterocycles. The third-order valence-corrected chi connectivity index (χ3v) is 12.4. The van der Waals surface area contributed by atoms with Crippen molar-refractivity contribution in [3.8, 4) is 66.8 Å². The first kappa shape index (κ1) is 32.4. The summed E-state index contributed by atoms with van der Waals surface area (Å²) in [6, 6.07) is 74.4. The number of furan rings is 1. The van der Waals surface area contributed by atoms with Gasteiger partial charge in [-0.2, -0.15) is 0 Å². The standard InChI is InChI=1S/C54H34OS/c1-2-11-35(12-3-1)36-25-27-37(28-26-36)40-13-6-15-42(33-40)45-19-9-22-49-48-21-8-18-44(52(48)55-53(45)49)39-31-29-38(30-32-39)41-14-7-16-43(34-41)46-20-10-23-50-47-17-4-5-24-51(47)56-54(46)50/h1-34H. The Morgan fingerprint density at radius 1 is 0.268 bits per heavy atom. The van der Waals surface area contributed by atoms with E-state index < -0.39 is 0 Å². The Kier molecular flexibility index (Phi) is 7.75. The lowest BCUT2D eigenvalue weighted by Crippen LogP contribution is -1.83. The molecule has 0 fully saturated rings. The average Bonchev–Trinajstić information content (AvgIpc) is 3.86. The maximum absolute atomic E-state index is 6.87. The molecule has 11 rings (SSSR count). The quantitative estimate of drug-likeness (QED) is 0.166. The zero-order chi connectivity index (χ0) is 37.0. The monoisotopic (exact) mass is 730 g/mol. The van der Waals surface area contributed by atoms with Crippen molar-refractivity contribution >= 4 is 53.4 Å². The van der Waals surface area contributed by atoms with Gasteiger partial charge in [0.1, 0.15) is 11.2 Å². The fraction of sp³-hybridized carbons (Fsp3) is 0. The molecule has 0 saturated carbocycles. The first-order valence-corrected chi connectivity index (χ1v) is 19.9. The summed E-state index contributed by atoms with van der Waals surface area (Å²) in [6.07, 6.45) is 0. The van der Waals surface area contributed by atoms with Gasteiger partial charge in [-0.15, -0.1) is 11.3 Å². The maximum Gasteiger partial charge on any atom is 0.143 e. The fourth-order valence-corrected chi connectivity index (χ4v) is 9.55. The van der Waals surface area contributed by atoms with Crippen molar-refractivity contribution in [3.63, 3.8) is 0 Å². The van der Waals surface area contributed by atoms with Crippen molar-refractivity contribution in [1.29, 1.82) is 0 Å². The Hall–Kier alpha value is -7.00. The van der Waals surface area contributed by atoms with Gasteiger partial charge in [-0.05, 0) is 73.8 Å². The Bertz CT molecular complexity index is 3220. The minimum Gasteiger partial charge on any atom is -0.455 e. The van der Waals surface area contributed by atoms with E-state index in [1.54, 1.807) is 0 Å². The Morgan fingerprint density at radius 2 is 0.679 bits per heavy atom. The first-order valence-electron chi connectivity index (χ1n) is 19.1. The van der Waals surface area contributed by atoms with Crippen LogP contribution in [0.2, 0.25) is 0 Å². The number of para-hydroxylation sites is 2. The Labute approximate surface area is 329 Å².